The Morgan fingerprint density at radius 3 is 2.34 bits per heavy atom. The average Bonchev–Trinajstić information content (AvgIpc) is 3.19. The summed E-state index contributed by atoms with van der Waals surface area (Å²) in [5.74, 6) is -0.436. The third-order valence-corrected chi connectivity index (χ3v) is 6.06. The highest BCUT2D eigenvalue weighted by Gasteiger charge is 2.18. The Morgan fingerprint density at radius 2 is 1.69 bits per heavy atom. The molecule has 0 aliphatic carbocycles. The molecule has 1 N–H and O–H groups in total. The van der Waals surface area contributed by atoms with Crippen LogP contribution in [0.5, 0.6) is 0 Å². The highest BCUT2D eigenvalue weighted by molar-refractivity contribution is 5.90. The fourth-order valence-corrected chi connectivity index (χ4v) is 4.10. The quantitative estimate of drug-likeness (QED) is 0.590. The van der Waals surface area contributed by atoms with Crippen molar-refractivity contribution in [3.8, 4) is 0 Å². The van der Waals surface area contributed by atoms with Crippen molar-refractivity contribution in [2.75, 3.05) is 38.0 Å². The molecule has 0 atom stereocenters. The first kappa shape index (κ1) is 22.0. The number of nitrogens with one attached hydrogen (secondary N) is 1. The number of likely N-dealkylation sites (N-methyl/N-ethyl adjacent to an activating group) is 1. The summed E-state index contributed by atoms with van der Waals surface area (Å²) in [5.41, 5.74) is 1.28. The maximum absolute atomic E-state index is 12.7. The van der Waals surface area contributed by atoms with E-state index in [0.717, 1.165) is 43.8 Å². The predicted octanol–water partition coefficient (Wildman–Crippen LogP) is 0.210. The number of fused-ring (bicyclic) bond motifs is 1. The van der Waals surface area contributed by atoms with E-state index in [1.165, 1.54) is 23.5 Å². The van der Waals surface area contributed by atoms with Gasteiger partial charge in [0.15, 0.2) is 11.2 Å². The average molecular weight is 440 g/mol. The van der Waals surface area contributed by atoms with E-state index in [9.17, 15) is 14.4 Å². The standard InChI is InChI=1S/C22H29N7O3/c1-4-27-9-11-28(12-10-27)13-16-5-7-17(8-6-16)24-18(30)14-29-21(31)19-20(23-15-25(19)2)26(3)22(29)32/h5-8,15H,4,9-14H2,1-3H3,(H,24,30). The second-order valence-corrected chi connectivity index (χ2v) is 8.22. The molecule has 1 fully saturated rings. The molecule has 1 aromatic carbocycles. The van der Waals surface area contributed by atoms with Gasteiger partial charge in [0.25, 0.3) is 5.56 Å². The van der Waals surface area contributed by atoms with Gasteiger partial charge in [-0.2, -0.15) is 0 Å². The molecule has 10 heteroatoms. The van der Waals surface area contributed by atoms with Crippen LogP contribution in [0.4, 0.5) is 5.69 Å². The third-order valence-electron chi connectivity index (χ3n) is 6.06. The number of carbonyl (C=O) groups excluding carboxylic acids is 1. The number of imidazole rings is 1. The van der Waals surface area contributed by atoms with Gasteiger partial charge in [-0.05, 0) is 24.2 Å². The van der Waals surface area contributed by atoms with E-state index < -0.39 is 17.2 Å². The van der Waals surface area contributed by atoms with Crippen molar-refractivity contribution in [2.24, 2.45) is 14.1 Å². The van der Waals surface area contributed by atoms with Crippen LogP contribution in [0.25, 0.3) is 11.2 Å². The lowest BCUT2D eigenvalue weighted by atomic mass is 10.1. The van der Waals surface area contributed by atoms with Gasteiger partial charge in [-0.3, -0.25) is 19.1 Å². The smallest absolute Gasteiger partial charge is 0.328 e. The Kier molecular flexibility index (Phi) is 6.24. The first-order chi connectivity index (χ1) is 15.4. The van der Waals surface area contributed by atoms with Crippen molar-refractivity contribution in [1.82, 2.24) is 28.5 Å². The fourth-order valence-electron chi connectivity index (χ4n) is 4.10. The zero-order valence-electron chi connectivity index (χ0n) is 18.7. The van der Waals surface area contributed by atoms with Crippen molar-refractivity contribution < 1.29 is 4.79 Å². The topological polar surface area (TPSA) is 97.4 Å². The molecule has 0 spiro atoms. The number of carbonyl (C=O) groups is 1. The lowest BCUT2D eigenvalue weighted by Crippen LogP contribution is -2.45. The van der Waals surface area contributed by atoms with Crippen LogP contribution in [0, 0.1) is 0 Å². The number of rotatable bonds is 6. The molecule has 32 heavy (non-hydrogen) atoms. The number of nitrogens with zero attached hydrogens (tertiary/aromatic N) is 6. The second kappa shape index (κ2) is 9.09. The van der Waals surface area contributed by atoms with E-state index in [4.69, 9.17) is 0 Å². The van der Waals surface area contributed by atoms with Crippen molar-refractivity contribution >= 4 is 22.8 Å². The minimum Gasteiger partial charge on any atom is -0.328 e. The van der Waals surface area contributed by atoms with Crippen LogP contribution in [0.2, 0.25) is 0 Å². The molecule has 1 saturated heterocycles. The number of piperazine rings is 1. The van der Waals surface area contributed by atoms with Gasteiger partial charge < -0.3 is 14.8 Å². The molecule has 3 aromatic rings. The van der Waals surface area contributed by atoms with Crippen LogP contribution in [-0.2, 0) is 32.0 Å². The number of hydrogen-bond acceptors (Lipinski definition) is 6. The molecular formula is C22H29N7O3. The highest BCUT2D eigenvalue weighted by Crippen LogP contribution is 2.13. The van der Waals surface area contributed by atoms with Crippen molar-refractivity contribution in [3.05, 3.63) is 57.0 Å². The van der Waals surface area contributed by atoms with Crippen LogP contribution in [-0.4, -0.2) is 67.1 Å². The van der Waals surface area contributed by atoms with E-state index >= 15 is 0 Å². The molecule has 1 aliphatic rings. The highest BCUT2D eigenvalue weighted by atomic mass is 16.2. The molecule has 0 unspecified atom stereocenters. The Labute approximate surface area is 185 Å². The van der Waals surface area contributed by atoms with Crippen molar-refractivity contribution in [1.29, 1.82) is 0 Å². The summed E-state index contributed by atoms with van der Waals surface area (Å²) in [6, 6.07) is 7.69. The monoisotopic (exact) mass is 439 g/mol. The van der Waals surface area contributed by atoms with Crippen LogP contribution >= 0.6 is 0 Å². The molecule has 10 nitrogen and oxygen atoms in total. The molecule has 1 aliphatic heterocycles. The van der Waals surface area contributed by atoms with Crippen molar-refractivity contribution in [3.63, 3.8) is 0 Å². The van der Waals surface area contributed by atoms with Gasteiger partial charge in [-0.25, -0.2) is 14.3 Å². The molecule has 0 radical (unpaired) electrons. The van der Waals surface area contributed by atoms with E-state index in [1.54, 1.807) is 11.6 Å². The van der Waals surface area contributed by atoms with Gasteiger partial charge in [0, 0.05) is 52.5 Å². The van der Waals surface area contributed by atoms with E-state index in [0.29, 0.717) is 11.3 Å². The van der Waals surface area contributed by atoms with E-state index in [-0.39, 0.29) is 12.1 Å². The van der Waals surface area contributed by atoms with Crippen LogP contribution in [0.15, 0.2) is 40.2 Å². The molecule has 170 valence electrons. The Hall–Kier alpha value is -3.24. The van der Waals surface area contributed by atoms with Crippen molar-refractivity contribution in [2.45, 2.75) is 20.0 Å². The summed E-state index contributed by atoms with van der Waals surface area (Å²) in [5, 5.41) is 2.78. The van der Waals surface area contributed by atoms with Gasteiger partial charge >= 0.3 is 5.69 Å². The first-order valence-corrected chi connectivity index (χ1v) is 10.8. The molecule has 0 saturated carbocycles. The van der Waals surface area contributed by atoms with Gasteiger partial charge in [0.05, 0.1) is 6.33 Å². The summed E-state index contributed by atoms with van der Waals surface area (Å²) in [7, 11) is 3.21. The summed E-state index contributed by atoms with van der Waals surface area (Å²) >= 11 is 0. The molecule has 4 rings (SSSR count). The Morgan fingerprint density at radius 1 is 1.03 bits per heavy atom. The van der Waals surface area contributed by atoms with E-state index in [1.807, 2.05) is 24.3 Å². The Balaban J connectivity index is 1.41. The first-order valence-electron chi connectivity index (χ1n) is 10.8. The van der Waals surface area contributed by atoms with Gasteiger partial charge in [-0.1, -0.05) is 19.1 Å². The summed E-state index contributed by atoms with van der Waals surface area (Å²) < 4.78 is 3.76. The zero-order valence-corrected chi connectivity index (χ0v) is 18.7. The SMILES string of the molecule is CCN1CCN(Cc2ccc(NC(=O)Cn3c(=O)c4c(ncn4C)n(C)c3=O)cc2)CC1. The molecule has 1 amide bonds. The van der Waals surface area contributed by atoms with E-state index in [2.05, 4.69) is 27.0 Å². The number of aromatic nitrogens is 4. The summed E-state index contributed by atoms with van der Waals surface area (Å²) in [6.07, 6.45) is 1.47. The minimum atomic E-state index is -0.574. The van der Waals surface area contributed by atoms with Gasteiger partial charge in [-0.15, -0.1) is 0 Å². The second-order valence-electron chi connectivity index (χ2n) is 8.22. The molecule has 3 heterocycles. The van der Waals surface area contributed by atoms with Gasteiger partial charge in [0.2, 0.25) is 5.91 Å². The number of amides is 1. The van der Waals surface area contributed by atoms with Gasteiger partial charge in [0.1, 0.15) is 6.54 Å². The predicted molar refractivity (Wildman–Crippen MR) is 123 cm³/mol. The molecule has 2 aromatic heterocycles. The number of benzene rings is 1. The third kappa shape index (κ3) is 4.37. The number of anilines is 1. The maximum atomic E-state index is 12.7. The fraction of sp³-hybridized carbons (Fsp3) is 0.455. The minimum absolute atomic E-state index is 0.282. The molecule has 0 bridgehead atoms. The molecular weight excluding hydrogens is 410 g/mol. The zero-order chi connectivity index (χ0) is 22.8. The lowest BCUT2D eigenvalue weighted by Gasteiger charge is -2.34. The van der Waals surface area contributed by atoms with Crippen LogP contribution < -0.4 is 16.6 Å². The van der Waals surface area contributed by atoms with Crippen LogP contribution in [0.3, 0.4) is 0 Å². The lowest BCUT2D eigenvalue weighted by molar-refractivity contribution is -0.116. The maximum Gasteiger partial charge on any atom is 0.332 e. The van der Waals surface area contributed by atoms with Crippen LogP contribution in [0.1, 0.15) is 12.5 Å². The summed E-state index contributed by atoms with van der Waals surface area (Å²) in [6.45, 7) is 8.08. The number of aryl methyl sites for hydroxylation is 2. The normalized spacial score (nSPS) is 15.3. The number of hydrogen-bond donors (Lipinski definition) is 1. The Bertz CT molecular complexity index is 1230. The summed E-state index contributed by atoms with van der Waals surface area (Å²) in [4.78, 5) is 46.8. The largest absolute Gasteiger partial charge is 0.332 e.